The molecule has 3 nitrogen and oxygen atoms in total. The second-order valence-corrected chi connectivity index (χ2v) is 4.69. The molecule has 1 heterocycles. The van der Waals surface area contributed by atoms with Crippen molar-refractivity contribution in [3.63, 3.8) is 0 Å². The van der Waals surface area contributed by atoms with E-state index >= 15 is 0 Å². The van der Waals surface area contributed by atoms with Crippen LogP contribution in [0.3, 0.4) is 0 Å². The van der Waals surface area contributed by atoms with Crippen LogP contribution in [0.1, 0.15) is 12.8 Å². The number of hydrogen-bond acceptors (Lipinski definition) is 3. The fourth-order valence-electron chi connectivity index (χ4n) is 1.73. The average Bonchev–Trinajstić information content (AvgIpc) is 2.13. The third kappa shape index (κ3) is 2.25. The van der Waals surface area contributed by atoms with E-state index in [1.807, 2.05) is 6.07 Å². The van der Waals surface area contributed by atoms with Crippen molar-refractivity contribution in [2.24, 2.45) is 11.7 Å². The molecular formula is C10H14BrN3. The summed E-state index contributed by atoms with van der Waals surface area (Å²) < 4.78 is 1.02. The zero-order valence-electron chi connectivity index (χ0n) is 7.91. The molecule has 0 amide bonds. The van der Waals surface area contributed by atoms with Crippen LogP contribution < -0.4 is 11.1 Å². The van der Waals surface area contributed by atoms with E-state index in [1.165, 1.54) is 0 Å². The summed E-state index contributed by atoms with van der Waals surface area (Å²) in [7, 11) is 0. The monoisotopic (exact) mass is 255 g/mol. The van der Waals surface area contributed by atoms with Crippen LogP contribution >= 0.6 is 15.9 Å². The van der Waals surface area contributed by atoms with Crippen molar-refractivity contribution in [3.8, 4) is 0 Å². The van der Waals surface area contributed by atoms with Crippen molar-refractivity contribution < 1.29 is 0 Å². The smallest absolute Gasteiger partial charge is 0.0590 e. The van der Waals surface area contributed by atoms with Gasteiger partial charge in [0.1, 0.15) is 0 Å². The van der Waals surface area contributed by atoms with Gasteiger partial charge in [0.2, 0.25) is 0 Å². The number of pyridine rings is 1. The molecule has 0 spiro atoms. The molecule has 0 aliphatic heterocycles. The summed E-state index contributed by atoms with van der Waals surface area (Å²) in [5.74, 6) is 0.741. The van der Waals surface area contributed by atoms with Crippen LogP contribution in [0, 0.1) is 5.92 Å². The molecule has 1 saturated carbocycles. The molecule has 1 aromatic heterocycles. The van der Waals surface area contributed by atoms with Crippen LogP contribution in [0.5, 0.6) is 0 Å². The van der Waals surface area contributed by atoms with Crippen LogP contribution in [-0.4, -0.2) is 17.6 Å². The number of nitrogens with zero attached hydrogens (tertiary/aromatic N) is 1. The minimum Gasteiger partial charge on any atom is -0.384 e. The summed E-state index contributed by atoms with van der Waals surface area (Å²) in [4.78, 5) is 4.01. The Morgan fingerprint density at radius 1 is 1.57 bits per heavy atom. The standard InChI is InChI=1S/C10H14BrN3/c11-9-6-13-2-1-10(9)14-5-7-3-8(12)4-7/h1-2,6-8H,3-5,12H2,(H,13,14). The predicted octanol–water partition coefficient (Wildman–Crippen LogP) is 1.99. The van der Waals surface area contributed by atoms with Gasteiger partial charge in [-0.2, -0.15) is 0 Å². The van der Waals surface area contributed by atoms with Gasteiger partial charge < -0.3 is 11.1 Å². The Balaban J connectivity index is 1.83. The maximum absolute atomic E-state index is 5.72. The Hall–Kier alpha value is -0.610. The van der Waals surface area contributed by atoms with Gasteiger partial charge >= 0.3 is 0 Å². The minimum atomic E-state index is 0.433. The summed E-state index contributed by atoms with van der Waals surface area (Å²) in [6.07, 6.45) is 5.89. The lowest BCUT2D eigenvalue weighted by atomic mass is 9.81. The SMILES string of the molecule is NC1CC(CNc2ccncc2Br)C1. The molecule has 1 aromatic rings. The van der Waals surface area contributed by atoms with E-state index in [-0.39, 0.29) is 0 Å². The molecule has 4 heteroatoms. The van der Waals surface area contributed by atoms with E-state index in [9.17, 15) is 0 Å². The van der Waals surface area contributed by atoms with Crippen molar-refractivity contribution in [1.29, 1.82) is 0 Å². The molecular weight excluding hydrogens is 242 g/mol. The second kappa shape index (κ2) is 4.28. The van der Waals surface area contributed by atoms with Gasteiger partial charge in [0, 0.05) is 25.0 Å². The minimum absolute atomic E-state index is 0.433. The molecule has 0 radical (unpaired) electrons. The summed E-state index contributed by atoms with van der Waals surface area (Å²) in [5.41, 5.74) is 6.83. The van der Waals surface area contributed by atoms with Crippen molar-refractivity contribution in [2.75, 3.05) is 11.9 Å². The van der Waals surface area contributed by atoms with Gasteiger partial charge in [0.25, 0.3) is 0 Å². The first-order valence-electron chi connectivity index (χ1n) is 4.84. The maximum atomic E-state index is 5.72. The lowest BCUT2D eigenvalue weighted by molar-refractivity contribution is 0.280. The quantitative estimate of drug-likeness (QED) is 0.869. The number of nitrogens with one attached hydrogen (secondary N) is 1. The molecule has 0 atom stereocenters. The first-order valence-corrected chi connectivity index (χ1v) is 5.64. The molecule has 0 unspecified atom stereocenters. The van der Waals surface area contributed by atoms with E-state index in [1.54, 1.807) is 12.4 Å². The largest absolute Gasteiger partial charge is 0.384 e. The third-order valence-corrected chi connectivity index (χ3v) is 3.26. The number of hydrogen-bond donors (Lipinski definition) is 2. The summed E-state index contributed by atoms with van der Waals surface area (Å²) >= 11 is 3.45. The zero-order chi connectivity index (χ0) is 9.97. The van der Waals surface area contributed by atoms with Crippen molar-refractivity contribution in [1.82, 2.24) is 4.98 Å². The van der Waals surface area contributed by atoms with E-state index in [4.69, 9.17) is 5.73 Å². The third-order valence-electron chi connectivity index (χ3n) is 2.63. The lowest BCUT2D eigenvalue weighted by Crippen LogP contribution is -2.39. The highest BCUT2D eigenvalue weighted by atomic mass is 79.9. The Labute approximate surface area is 92.2 Å². The van der Waals surface area contributed by atoms with Crippen LogP contribution in [0.15, 0.2) is 22.9 Å². The van der Waals surface area contributed by atoms with Gasteiger partial charge in [-0.15, -0.1) is 0 Å². The highest BCUT2D eigenvalue weighted by Crippen LogP contribution is 2.27. The van der Waals surface area contributed by atoms with Crippen molar-refractivity contribution in [2.45, 2.75) is 18.9 Å². The summed E-state index contributed by atoms with van der Waals surface area (Å²) in [6.45, 7) is 1.01. The van der Waals surface area contributed by atoms with Crippen LogP contribution in [0.25, 0.3) is 0 Å². The van der Waals surface area contributed by atoms with E-state index < -0.39 is 0 Å². The van der Waals surface area contributed by atoms with Crippen molar-refractivity contribution in [3.05, 3.63) is 22.9 Å². The number of anilines is 1. The van der Waals surface area contributed by atoms with Crippen LogP contribution in [0.2, 0.25) is 0 Å². The lowest BCUT2D eigenvalue weighted by Gasteiger charge is -2.32. The Morgan fingerprint density at radius 2 is 2.36 bits per heavy atom. The fraction of sp³-hybridized carbons (Fsp3) is 0.500. The zero-order valence-corrected chi connectivity index (χ0v) is 9.50. The Kier molecular flexibility index (Phi) is 3.03. The van der Waals surface area contributed by atoms with Gasteiger partial charge in [-0.1, -0.05) is 0 Å². The molecule has 0 saturated heterocycles. The number of rotatable bonds is 3. The summed E-state index contributed by atoms with van der Waals surface area (Å²) in [5, 5.41) is 3.39. The average molecular weight is 256 g/mol. The van der Waals surface area contributed by atoms with Gasteiger partial charge in [-0.05, 0) is 40.8 Å². The molecule has 3 N–H and O–H groups in total. The molecule has 1 fully saturated rings. The second-order valence-electron chi connectivity index (χ2n) is 3.83. The molecule has 2 rings (SSSR count). The van der Waals surface area contributed by atoms with Gasteiger partial charge in [-0.3, -0.25) is 4.98 Å². The topological polar surface area (TPSA) is 50.9 Å². The highest BCUT2D eigenvalue weighted by molar-refractivity contribution is 9.10. The number of nitrogens with two attached hydrogens (primary N) is 1. The van der Waals surface area contributed by atoms with Gasteiger partial charge in [0.15, 0.2) is 0 Å². The highest BCUT2D eigenvalue weighted by Gasteiger charge is 2.25. The maximum Gasteiger partial charge on any atom is 0.0590 e. The normalized spacial score (nSPS) is 25.6. The first-order chi connectivity index (χ1) is 6.75. The van der Waals surface area contributed by atoms with E-state index in [0.29, 0.717) is 6.04 Å². The Morgan fingerprint density at radius 3 is 3.00 bits per heavy atom. The predicted molar refractivity (Wildman–Crippen MR) is 61.1 cm³/mol. The molecule has 0 aromatic carbocycles. The molecule has 76 valence electrons. The molecule has 14 heavy (non-hydrogen) atoms. The van der Waals surface area contributed by atoms with E-state index in [0.717, 1.165) is 35.5 Å². The van der Waals surface area contributed by atoms with E-state index in [2.05, 4.69) is 26.2 Å². The van der Waals surface area contributed by atoms with Crippen molar-refractivity contribution >= 4 is 21.6 Å². The van der Waals surface area contributed by atoms with Gasteiger partial charge in [-0.25, -0.2) is 0 Å². The Bertz CT molecular complexity index is 310. The van der Waals surface area contributed by atoms with Crippen LogP contribution in [0.4, 0.5) is 5.69 Å². The number of aromatic nitrogens is 1. The molecule has 1 aliphatic rings. The molecule has 1 aliphatic carbocycles. The number of halogens is 1. The molecule has 0 bridgehead atoms. The van der Waals surface area contributed by atoms with Crippen LogP contribution in [-0.2, 0) is 0 Å². The van der Waals surface area contributed by atoms with Gasteiger partial charge in [0.05, 0.1) is 10.2 Å². The summed E-state index contributed by atoms with van der Waals surface area (Å²) in [6, 6.07) is 2.41. The first kappa shape index (κ1) is 9.93. The fourth-order valence-corrected chi connectivity index (χ4v) is 2.12.